The van der Waals surface area contributed by atoms with Gasteiger partial charge in [-0.05, 0) is 31.0 Å². The minimum atomic E-state index is -0.936. The van der Waals surface area contributed by atoms with Gasteiger partial charge in [0.1, 0.15) is 6.04 Å². The van der Waals surface area contributed by atoms with Crippen molar-refractivity contribution in [1.82, 2.24) is 9.88 Å². The van der Waals surface area contributed by atoms with Crippen molar-refractivity contribution >= 4 is 22.8 Å². The molecule has 1 aliphatic heterocycles. The van der Waals surface area contributed by atoms with E-state index in [4.69, 9.17) is 0 Å². The Labute approximate surface area is 115 Å². The fraction of sp³-hybridized carbons (Fsp3) is 0.267. The highest BCUT2D eigenvalue weighted by atomic mass is 16.4. The number of carbonyl (C=O) groups is 2. The third-order valence-electron chi connectivity index (χ3n) is 3.67. The van der Waals surface area contributed by atoms with Crippen molar-refractivity contribution in [3.8, 4) is 0 Å². The molecule has 1 aromatic heterocycles. The molecular formula is C15H14N2O3. The van der Waals surface area contributed by atoms with Gasteiger partial charge in [0.2, 0.25) is 0 Å². The lowest BCUT2D eigenvalue weighted by atomic mass is 10.1. The molecule has 3 rings (SSSR count). The number of aromatic nitrogens is 1. The summed E-state index contributed by atoms with van der Waals surface area (Å²) in [6, 6.07) is 8.23. The van der Waals surface area contributed by atoms with E-state index in [9.17, 15) is 14.7 Å². The fourth-order valence-corrected chi connectivity index (χ4v) is 2.71. The highest BCUT2D eigenvalue weighted by Gasteiger charge is 2.34. The molecule has 5 heteroatoms. The van der Waals surface area contributed by atoms with Gasteiger partial charge < -0.3 is 10.0 Å². The number of benzene rings is 1. The quantitative estimate of drug-likeness (QED) is 0.905. The maximum Gasteiger partial charge on any atom is 0.326 e. The molecule has 5 nitrogen and oxygen atoms in total. The fourth-order valence-electron chi connectivity index (χ4n) is 2.71. The van der Waals surface area contributed by atoms with Gasteiger partial charge in [0.05, 0.1) is 5.52 Å². The largest absolute Gasteiger partial charge is 0.480 e. The Bertz CT molecular complexity index is 678. The first-order valence-electron chi connectivity index (χ1n) is 6.56. The van der Waals surface area contributed by atoms with Crippen molar-refractivity contribution in [3.63, 3.8) is 0 Å². The van der Waals surface area contributed by atoms with Gasteiger partial charge in [-0.2, -0.15) is 0 Å². The van der Waals surface area contributed by atoms with Gasteiger partial charge in [-0.15, -0.1) is 0 Å². The lowest BCUT2D eigenvalue weighted by molar-refractivity contribution is -0.141. The third-order valence-corrected chi connectivity index (χ3v) is 3.67. The first-order chi connectivity index (χ1) is 9.68. The summed E-state index contributed by atoms with van der Waals surface area (Å²) in [5, 5.41) is 9.95. The average Bonchev–Trinajstić information content (AvgIpc) is 2.95. The zero-order valence-corrected chi connectivity index (χ0v) is 10.8. The zero-order chi connectivity index (χ0) is 14.1. The standard InChI is InChI=1S/C15H14N2O3/c18-14(17-9-3-7-13(17)15(19)20)11-4-1-6-12-10(11)5-2-8-16-12/h1-2,4-6,8,13H,3,7,9H2,(H,19,20). The molecule has 2 heterocycles. The van der Waals surface area contributed by atoms with Crippen molar-refractivity contribution in [1.29, 1.82) is 0 Å². The van der Waals surface area contributed by atoms with E-state index in [0.29, 0.717) is 18.5 Å². The Balaban J connectivity index is 2.03. The van der Waals surface area contributed by atoms with E-state index >= 15 is 0 Å². The molecule has 0 bridgehead atoms. The van der Waals surface area contributed by atoms with Crippen molar-refractivity contribution in [2.75, 3.05) is 6.54 Å². The molecule has 0 spiro atoms. The van der Waals surface area contributed by atoms with Crippen molar-refractivity contribution in [2.45, 2.75) is 18.9 Å². The Hall–Kier alpha value is -2.43. The van der Waals surface area contributed by atoms with Gasteiger partial charge in [0.25, 0.3) is 5.91 Å². The summed E-state index contributed by atoms with van der Waals surface area (Å²) < 4.78 is 0. The number of pyridine rings is 1. The van der Waals surface area contributed by atoms with E-state index in [1.807, 2.05) is 12.1 Å². The molecule has 0 aliphatic carbocycles. The van der Waals surface area contributed by atoms with Crippen LogP contribution in [0.1, 0.15) is 23.2 Å². The SMILES string of the molecule is O=C(O)C1CCCN1C(=O)c1cccc2ncccc12. The number of hydrogen-bond donors (Lipinski definition) is 1. The van der Waals surface area contributed by atoms with Crippen molar-refractivity contribution in [2.24, 2.45) is 0 Å². The topological polar surface area (TPSA) is 70.5 Å². The first kappa shape index (κ1) is 12.6. The molecule has 1 fully saturated rings. The van der Waals surface area contributed by atoms with Crippen LogP contribution in [0.4, 0.5) is 0 Å². The first-order valence-corrected chi connectivity index (χ1v) is 6.56. The van der Waals surface area contributed by atoms with Gasteiger partial charge in [0, 0.05) is 23.7 Å². The maximum atomic E-state index is 12.6. The zero-order valence-electron chi connectivity index (χ0n) is 10.8. The van der Waals surface area contributed by atoms with Crippen LogP contribution in [0.25, 0.3) is 10.9 Å². The van der Waals surface area contributed by atoms with Gasteiger partial charge in [-0.25, -0.2) is 4.79 Å². The van der Waals surface area contributed by atoms with Crippen LogP contribution in [0, 0.1) is 0 Å². The maximum absolute atomic E-state index is 12.6. The van der Waals surface area contributed by atoms with E-state index in [1.165, 1.54) is 4.90 Å². The Morgan fingerprint density at radius 2 is 2.10 bits per heavy atom. The number of carboxylic acids is 1. The molecule has 1 saturated heterocycles. The number of fused-ring (bicyclic) bond motifs is 1. The van der Waals surface area contributed by atoms with Crippen LogP contribution >= 0.6 is 0 Å². The molecule has 1 N–H and O–H groups in total. The molecule has 1 unspecified atom stereocenters. The molecule has 20 heavy (non-hydrogen) atoms. The van der Waals surface area contributed by atoms with Crippen LogP contribution in [0.2, 0.25) is 0 Å². The predicted molar refractivity (Wildman–Crippen MR) is 73.4 cm³/mol. The summed E-state index contributed by atoms with van der Waals surface area (Å²) >= 11 is 0. The molecule has 2 aromatic rings. The van der Waals surface area contributed by atoms with Gasteiger partial charge >= 0.3 is 5.97 Å². The number of nitrogens with zero attached hydrogens (tertiary/aromatic N) is 2. The Kier molecular flexibility index (Phi) is 3.10. The van der Waals surface area contributed by atoms with Crippen LogP contribution in [-0.2, 0) is 4.79 Å². The number of likely N-dealkylation sites (tertiary alicyclic amines) is 1. The van der Waals surface area contributed by atoms with E-state index in [-0.39, 0.29) is 5.91 Å². The van der Waals surface area contributed by atoms with Crippen LogP contribution in [0.5, 0.6) is 0 Å². The summed E-state index contributed by atoms with van der Waals surface area (Å²) in [6.45, 7) is 0.493. The second-order valence-corrected chi connectivity index (χ2v) is 4.87. The van der Waals surface area contributed by atoms with E-state index in [1.54, 1.807) is 24.4 Å². The Morgan fingerprint density at radius 1 is 1.25 bits per heavy atom. The molecule has 1 aromatic carbocycles. The van der Waals surface area contributed by atoms with Crippen molar-refractivity contribution < 1.29 is 14.7 Å². The lowest BCUT2D eigenvalue weighted by Crippen LogP contribution is -2.40. The normalized spacial score (nSPS) is 18.4. The molecule has 1 amide bonds. The molecule has 102 valence electrons. The Morgan fingerprint density at radius 3 is 2.90 bits per heavy atom. The molecule has 0 saturated carbocycles. The highest BCUT2D eigenvalue weighted by molar-refractivity contribution is 6.07. The van der Waals surface area contributed by atoms with Crippen LogP contribution in [-0.4, -0.2) is 39.5 Å². The number of carboxylic acid groups (broad SMARTS) is 1. The minimum absolute atomic E-state index is 0.228. The summed E-state index contributed by atoms with van der Waals surface area (Å²) in [6.07, 6.45) is 2.92. The summed E-state index contributed by atoms with van der Waals surface area (Å²) in [7, 11) is 0. The lowest BCUT2D eigenvalue weighted by Gasteiger charge is -2.22. The molecule has 0 radical (unpaired) electrons. The highest BCUT2D eigenvalue weighted by Crippen LogP contribution is 2.24. The molecular weight excluding hydrogens is 256 g/mol. The molecule has 1 atom stereocenters. The number of aliphatic carboxylic acids is 1. The van der Waals surface area contributed by atoms with Crippen LogP contribution in [0.15, 0.2) is 36.5 Å². The summed E-state index contributed by atoms with van der Waals surface area (Å²) in [5.41, 5.74) is 1.26. The summed E-state index contributed by atoms with van der Waals surface area (Å²) in [5.74, 6) is -1.16. The van der Waals surface area contributed by atoms with Crippen LogP contribution in [0.3, 0.4) is 0 Å². The van der Waals surface area contributed by atoms with Gasteiger partial charge in [-0.3, -0.25) is 9.78 Å². The number of rotatable bonds is 2. The predicted octanol–water partition coefficient (Wildman–Crippen LogP) is 1.92. The number of carbonyl (C=O) groups excluding carboxylic acids is 1. The van der Waals surface area contributed by atoms with Crippen LogP contribution < -0.4 is 0 Å². The monoisotopic (exact) mass is 270 g/mol. The number of hydrogen-bond acceptors (Lipinski definition) is 3. The summed E-state index contributed by atoms with van der Waals surface area (Å²) in [4.78, 5) is 29.5. The number of amides is 1. The van der Waals surface area contributed by atoms with E-state index in [0.717, 1.165) is 17.3 Å². The second-order valence-electron chi connectivity index (χ2n) is 4.87. The average molecular weight is 270 g/mol. The minimum Gasteiger partial charge on any atom is -0.480 e. The smallest absolute Gasteiger partial charge is 0.326 e. The molecule has 1 aliphatic rings. The van der Waals surface area contributed by atoms with Gasteiger partial charge in [-0.1, -0.05) is 12.1 Å². The third kappa shape index (κ3) is 2.01. The van der Waals surface area contributed by atoms with E-state index < -0.39 is 12.0 Å². The van der Waals surface area contributed by atoms with E-state index in [2.05, 4.69) is 4.98 Å². The van der Waals surface area contributed by atoms with Crippen molar-refractivity contribution in [3.05, 3.63) is 42.1 Å². The second kappa shape index (κ2) is 4.92. The van der Waals surface area contributed by atoms with Gasteiger partial charge in [0.15, 0.2) is 0 Å².